The minimum atomic E-state index is 0.674. The van der Waals surface area contributed by atoms with Crippen molar-refractivity contribution in [1.29, 1.82) is 0 Å². The van der Waals surface area contributed by atoms with Crippen LogP contribution in [0.5, 0.6) is 0 Å². The van der Waals surface area contributed by atoms with E-state index in [-0.39, 0.29) is 0 Å². The second-order valence-corrected chi connectivity index (χ2v) is 3.25. The molecule has 0 bridgehead atoms. The molecule has 0 amide bonds. The van der Waals surface area contributed by atoms with Gasteiger partial charge in [-0.25, -0.2) is 0 Å². The summed E-state index contributed by atoms with van der Waals surface area (Å²) in [5, 5.41) is 3.35. The number of hydrogen-bond donors (Lipinski definition) is 1. The second kappa shape index (κ2) is 4.50. The van der Waals surface area contributed by atoms with Crippen molar-refractivity contribution in [2.24, 2.45) is 10.9 Å². The highest BCUT2D eigenvalue weighted by Gasteiger charge is 2.21. The Balaban J connectivity index is 2.44. The molecule has 1 aliphatic rings. The molecule has 0 radical (unpaired) electrons. The monoisotopic (exact) mass is 154 g/mol. The Hall–Kier alpha value is -0.370. The lowest BCUT2D eigenvalue weighted by Crippen LogP contribution is -2.36. The molecular formula is C9H18N2. The van der Waals surface area contributed by atoms with Crippen molar-refractivity contribution < 1.29 is 0 Å². The first kappa shape index (κ1) is 8.72. The maximum absolute atomic E-state index is 4.09. The zero-order chi connectivity index (χ0) is 8.10. The Kier molecular flexibility index (Phi) is 3.57. The first-order chi connectivity index (χ1) is 5.38. The van der Waals surface area contributed by atoms with Gasteiger partial charge in [0.15, 0.2) is 0 Å². The van der Waals surface area contributed by atoms with Gasteiger partial charge in [0, 0.05) is 25.2 Å². The van der Waals surface area contributed by atoms with Crippen molar-refractivity contribution in [3.8, 4) is 0 Å². The van der Waals surface area contributed by atoms with Crippen LogP contribution < -0.4 is 5.32 Å². The van der Waals surface area contributed by atoms with E-state index in [1.807, 2.05) is 14.1 Å². The maximum Gasteiger partial charge on any atom is 0.0273 e. The van der Waals surface area contributed by atoms with E-state index >= 15 is 0 Å². The molecule has 0 aromatic heterocycles. The van der Waals surface area contributed by atoms with Gasteiger partial charge in [0.05, 0.1) is 0 Å². The Morgan fingerprint density at radius 3 is 2.73 bits per heavy atom. The fourth-order valence-electron chi connectivity index (χ4n) is 1.89. The third kappa shape index (κ3) is 2.29. The van der Waals surface area contributed by atoms with Gasteiger partial charge < -0.3 is 10.3 Å². The van der Waals surface area contributed by atoms with E-state index in [4.69, 9.17) is 0 Å². The van der Waals surface area contributed by atoms with Gasteiger partial charge in [-0.1, -0.05) is 12.8 Å². The van der Waals surface area contributed by atoms with Gasteiger partial charge >= 0.3 is 0 Å². The third-order valence-electron chi connectivity index (χ3n) is 2.53. The topological polar surface area (TPSA) is 24.4 Å². The molecule has 0 aliphatic heterocycles. The van der Waals surface area contributed by atoms with Crippen LogP contribution in [0.3, 0.4) is 0 Å². The molecule has 2 unspecified atom stereocenters. The molecule has 1 rings (SSSR count). The largest absolute Gasteiger partial charge is 0.316 e. The van der Waals surface area contributed by atoms with Crippen LogP contribution >= 0.6 is 0 Å². The summed E-state index contributed by atoms with van der Waals surface area (Å²) in [6, 6.07) is 0.674. The smallest absolute Gasteiger partial charge is 0.0273 e. The zero-order valence-electron chi connectivity index (χ0n) is 7.51. The van der Waals surface area contributed by atoms with E-state index in [2.05, 4.69) is 16.5 Å². The second-order valence-electron chi connectivity index (χ2n) is 3.25. The van der Waals surface area contributed by atoms with Crippen LogP contribution in [-0.2, 0) is 0 Å². The molecule has 0 aromatic carbocycles. The molecule has 1 aliphatic carbocycles. The van der Waals surface area contributed by atoms with E-state index in [9.17, 15) is 0 Å². The fourth-order valence-corrected chi connectivity index (χ4v) is 1.89. The lowest BCUT2D eigenvalue weighted by atomic mass is 9.85. The highest BCUT2D eigenvalue weighted by atomic mass is 14.9. The molecule has 2 atom stereocenters. The molecule has 0 spiro atoms. The van der Waals surface area contributed by atoms with Gasteiger partial charge in [0.2, 0.25) is 0 Å². The highest BCUT2D eigenvalue weighted by molar-refractivity contribution is 5.61. The van der Waals surface area contributed by atoms with Gasteiger partial charge in [0.1, 0.15) is 0 Å². The van der Waals surface area contributed by atoms with Gasteiger partial charge in [-0.15, -0.1) is 0 Å². The molecule has 0 saturated heterocycles. The van der Waals surface area contributed by atoms with Gasteiger partial charge in [-0.05, 0) is 19.9 Å². The first-order valence-electron chi connectivity index (χ1n) is 4.48. The number of rotatable bonds is 2. The average Bonchev–Trinajstić information content (AvgIpc) is 2.06. The maximum atomic E-state index is 4.09. The van der Waals surface area contributed by atoms with E-state index in [1.54, 1.807) is 0 Å². The molecule has 11 heavy (non-hydrogen) atoms. The summed E-state index contributed by atoms with van der Waals surface area (Å²) in [7, 11) is 3.91. The minimum Gasteiger partial charge on any atom is -0.316 e. The van der Waals surface area contributed by atoms with E-state index in [1.165, 1.54) is 25.7 Å². The molecular weight excluding hydrogens is 136 g/mol. The highest BCUT2D eigenvalue weighted by Crippen LogP contribution is 2.22. The molecule has 1 fully saturated rings. The predicted molar refractivity (Wildman–Crippen MR) is 49.2 cm³/mol. The number of nitrogens with one attached hydrogen (secondary N) is 1. The zero-order valence-corrected chi connectivity index (χ0v) is 7.51. The first-order valence-corrected chi connectivity index (χ1v) is 4.48. The lowest BCUT2D eigenvalue weighted by Gasteiger charge is -2.28. The van der Waals surface area contributed by atoms with E-state index in [0.717, 1.165) is 0 Å². The number of aliphatic imine (C=N–C) groups is 1. The van der Waals surface area contributed by atoms with Crippen molar-refractivity contribution in [2.75, 3.05) is 14.1 Å². The predicted octanol–water partition coefficient (Wildman–Crippen LogP) is 1.47. The summed E-state index contributed by atoms with van der Waals surface area (Å²) in [6.07, 6.45) is 7.46. The van der Waals surface area contributed by atoms with Crippen LogP contribution in [-0.4, -0.2) is 26.4 Å². The third-order valence-corrected chi connectivity index (χ3v) is 2.53. The average molecular weight is 154 g/mol. The summed E-state index contributed by atoms with van der Waals surface area (Å²) in [5.74, 6) is 0.679. The SMILES string of the molecule is CN=CC1CCCCC1NC. The van der Waals surface area contributed by atoms with Crippen LogP contribution in [0.25, 0.3) is 0 Å². The fraction of sp³-hybridized carbons (Fsp3) is 0.889. The van der Waals surface area contributed by atoms with Crippen molar-refractivity contribution in [3.63, 3.8) is 0 Å². The summed E-state index contributed by atoms with van der Waals surface area (Å²) in [4.78, 5) is 4.09. The van der Waals surface area contributed by atoms with Crippen molar-refractivity contribution >= 4 is 6.21 Å². The van der Waals surface area contributed by atoms with Gasteiger partial charge in [-0.2, -0.15) is 0 Å². The molecule has 0 aromatic rings. The molecule has 2 heteroatoms. The molecule has 1 N–H and O–H groups in total. The molecule has 64 valence electrons. The van der Waals surface area contributed by atoms with E-state index < -0.39 is 0 Å². The molecule has 0 heterocycles. The Bertz CT molecular complexity index is 132. The Morgan fingerprint density at radius 1 is 1.36 bits per heavy atom. The van der Waals surface area contributed by atoms with Crippen molar-refractivity contribution in [3.05, 3.63) is 0 Å². The van der Waals surface area contributed by atoms with Gasteiger partial charge in [0.25, 0.3) is 0 Å². The standard InChI is InChI=1S/C9H18N2/c1-10-7-8-5-3-4-6-9(8)11-2/h7-9,11H,3-6H2,1-2H3. The summed E-state index contributed by atoms with van der Waals surface area (Å²) >= 11 is 0. The lowest BCUT2D eigenvalue weighted by molar-refractivity contribution is 0.343. The summed E-state index contributed by atoms with van der Waals surface area (Å²) in [6.45, 7) is 0. The van der Waals surface area contributed by atoms with E-state index in [0.29, 0.717) is 12.0 Å². The van der Waals surface area contributed by atoms with Crippen LogP contribution in [0.2, 0.25) is 0 Å². The van der Waals surface area contributed by atoms with Crippen LogP contribution in [0.4, 0.5) is 0 Å². The summed E-state index contributed by atoms with van der Waals surface area (Å²) in [5.41, 5.74) is 0. The number of hydrogen-bond acceptors (Lipinski definition) is 2. The normalized spacial score (nSPS) is 32.9. The quantitative estimate of drug-likeness (QED) is 0.598. The molecule has 2 nitrogen and oxygen atoms in total. The summed E-state index contributed by atoms with van der Waals surface area (Å²) < 4.78 is 0. The van der Waals surface area contributed by atoms with Gasteiger partial charge in [-0.3, -0.25) is 0 Å². The Morgan fingerprint density at radius 2 is 2.09 bits per heavy atom. The molecule has 1 saturated carbocycles. The van der Waals surface area contributed by atoms with Crippen LogP contribution in [0, 0.1) is 5.92 Å². The minimum absolute atomic E-state index is 0.674. The number of nitrogens with zero attached hydrogens (tertiary/aromatic N) is 1. The van der Waals surface area contributed by atoms with Crippen LogP contribution in [0.1, 0.15) is 25.7 Å². The Labute approximate surface area is 69.1 Å². The van der Waals surface area contributed by atoms with Crippen molar-refractivity contribution in [1.82, 2.24) is 5.32 Å². The van der Waals surface area contributed by atoms with Crippen molar-refractivity contribution in [2.45, 2.75) is 31.7 Å². The van der Waals surface area contributed by atoms with Crippen LogP contribution in [0.15, 0.2) is 4.99 Å².